The van der Waals surface area contributed by atoms with Gasteiger partial charge in [0.15, 0.2) is 11.5 Å². The van der Waals surface area contributed by atoms with Crippen molar-refractivity contribution in [3.8, 4) is 17.1 Å². The van der Waals surface area contributed by atoms with Gasteiger partial charge in [0, 0.05) is 17.3 Å². The van der Waals surface area contributed by atoms with E-state index in [9.17, 15) is 14.9 Å². The van der Waals surface area contributed by atoms with Gasteiger partial charge in [-0.25, -0.2) is 4.68 Å². The van der Waals surface area contributed by atoms with E-state index in [0.29, 0.717) is 22.2 Å². The zero-order chi connectivity index (χ0) is 20.4. The first-order chi connectivity index (χ1) is 14.0. The van der Waals surface area contributed by atoms with E-state index in [2.05, 4.69) is 15.4 Å². The van der Waals surface area contributed by atoms with Crippen molar-refractivity contribution in [1.29, 1.82) is 0 Å². The standard InChI is InChI=1S/C19H12ClN5O4/c20-12-3-1-4-13(9-12)24-16(18-5-2-8-29-18)10-15(23-24)19(26)22-14-6-7-21-11-17(14)25(27)28/h1-11H,(H,21,22,26). The third-order valence-electron chi connectivity index (χ3n) is 4.01. The lowest BCUT2D eigenvalue weighted by atomic mass is 10.2. The Balaban J connectivity index is 1.74. The highest BCUT2D eigenvalue weighted by atomic mass is 35.5. The van der Waals surface area contributed by atoms with Gasteiger partial charge in [-0.2, -0.15) is 5.10 Å². The minimum absolute atomic E-state index is 0.0202. The van der Waals surface area contributed by atoms with Crippen LogP contribution < -0.4 is 5.32 Å². The minimum atomic E-state index is -0.624. The number of carbonyl (C=O) groups excluding carboxylic acids is 1. The molecule has 1 aromatic carbocycles. The monoisotopic (exact) mass is 409 g/mol. The summed E-state index contributed by atoms with van der Waals surface area (Å²) in [5.41, 5.74) is 0.889. The van der Waals surface area contributed by atoms with Crippen LogP contribution >= 0.6 is 11.6 Å². The van der Waals surface area contributed by atoms with Gasteiger partial charge in [-0.3, -0.25) is 19.9 Å². The Morgan fingerprint density at radius 1 is 1.21 bits per heavy atom. The van der Waals surface area contributed by atoms with Crippen LogP contribution in [0.4, 0.5) is 11.4 Å². The molecule has 0 atom stereocenters. The Labute approximate surface area is 168 Å². The topological polar surface area (TPSA) is 116 Å². The van der Waals surface area contributed by atoms with Gasteiger partial charge >= 0.3 is 5.69 Å². The third-order valence-corrected chi connectivity index (χ3v) is 4.25. The number of aromatic nitrogens is 3. The molecule has 10 heteroatoms. The first-order valence-corrected chi connectivity index (χ1v) is 8.70. The number of nitro groups is 1. The van der Waals surface area contributed by atoms with Crippen molar-refractivity contribution in [1.82, 2.24) is 14.8 Å². The molecule has 0 unspecified atom stereocenters. The minimum Gasteiger partial charge on any atom is -0.463 e. The summed E-state index contributed by atoms with van der Waals surface area (Å²) in [4.78, 5) is 27.0. The van der Waals surface area contributed by atoms with Crippen LogP contribution in [0.5, 0.6) is 0 Å². The lowest BCUT2D eigenvalue weighted by molar-refractivity contribution is -0.384. The molecular weight excluding hydrogens is 398 g/mol. The molecular formula is C19H12ClN5O4. The Bertz CT molecular complexity index is 1200. The molecule has 9 nitrogen and oxygen atoms in total. The molecule has 0 fully saturated rings. The van der Waals surface area contributed by atoms with Gasteiger partial charge in [-0.05, 0) is 36.4 Å². The van der Waals surface area contributed by atoms with Crippen molar-refractivity contribution in [2.24, 2.45) is 0 Å². The van der Waals surface area contributed by atoms with Gasteiger partial charge in [0.1, 0.15) is 17.6 Å². The van der Waals surface area contributed by atoms with E-state index in [1.807, 2.05) is 0 Å². The Morgan fingerprint density at radius 3 is 2.79 bits per heavy atom. The number of furan rings is 1. The molecule has 144 valence electrons. The van der Waals surface area contributed by atoms with Crippen LogP contribution in [0.15, 0.2) is 71.6 Å². The molecule has 1 N–H and O–H groups in total. The molecule has 0 aliphatic heterocycles. The number of rotatable bonds is 5. The average molecular weight is 410 g/mol. The zero-order valence-corrected chi connectivity index (χ0v) is 15.4. The number of pyridine rings is 1. The van der Waals surface area contributed by atoms with E-state index in [-0.39, 0.29) is 17.1 Å². The maximum Gasteiger partial charge on any atom is 0.310 e. The SMILES string of the molecule is O=C(Nc1ccncc1[N+](=O)[O-])c1cc(-c2ccco2)n(-c2cccc(Cl)c2)n1. The molecule has 0 bridgehead atoms. The van der Waals surface area contributed by atoms with Crippen molar-refractivity contribution in [2.75, 3.05) is 5.32 Å². The summed E-state index contributed by atoms with van der Waals surface area (Å²) >= 11 is 6.08. The molecule has 0 radical (unpaired) electrons. The molecule has 1 amide bonds. The van der Waals surface area contributed by atoms with Gasteiger partial charge in [-0.1, -0.05) is 17.7 Å². The highest BCUT2D eigenvalue weighted by Gasteiger charge is 2.21. The normalized spacial score (nSPS) is 10.7. The van der Waals surface area contributed by atoms with Gasteiger partial charge in [0.05, 0.1) is 16.9 Å². The number of hydrogen-bond donors (Lipinski definition) is 1. The number of nitrogens with zero attached hydrogens (tertiary/aromatic N) is 4. The molecule has 0 aliphatic carbocycles. The summed E-state index contributed by atoms with van der Waals surface area (Å²) in [6.07, 6.45) is 3.92. The van der Waals surface area contributed by atoms with Gasteiger partial charge in [0.2, 0.25) is 0 Å². The average Bonchev–Trinajstić information content (AvgIpc) is 3.38. The smallest absolute Gasteiger partial charge is 0.310 e. The fourth-order valence-electron chi connectivity index (χ4n) is 2.72. The number of amides is 1. The number of halogens is 1. The first-order valence-electron chi connectivity index (χ1n) is 8.32. The first kappa shape index (κ1) is 18.4. The molecule has 3 heterocycles. The summed E-state index contributed by atoms with van der Waals surface area (Å²) in [6.45, 7) is 0. The van der Waals surface area contributed by atoms with Crippen molar-refractivity contribution in [3.05, 3.63) is 88.0 Å². The van der Waals surface area contributed by atoms with E-state index in [1.165, 1.54) is 29.3 Å². The molecule has 0 aliphatic rings. The van der Waals surface area contributed by atoms with Gasteiger partial charge in [-0.15, -0.1) is 0 Å². The highest BCUT2D eigenvalue weighted by molar-refractivity contribution is 6.30. The number of carbonyl (C=O) groups is 1. The van der Waals surface area contributed by atoms with Crippen LogP contribution in [-0.4, -0.2) is 25.6 Å². The lowest BCUT2D eigenvalue weighted by Crippen LogP contribution is -2.14. The van der Waals surface area contributed by atoms with Crippen molar-refractivity contribution in [2.45, 2.75) is 0 Å². The zero-order valence-electron chi connectivity index (χ0n) is 14.7. The van der Waals surface area contributed by atoms with Crippen LogP contribution in [0.25, 0.3) is 17.1 Å². The van der Waals surface area contributed by atoms with E-state index in [0.717, 1.165) is 6.20 Å². The maximum atomic E-state index is 12.7. The summed E-state index contributed by atoms with van der Waals surface area (Å²) < 4.78 is 6.97. The fraction of sp³-hybridized carbons (Fsp3) is 0. The van der Waals surface area contributed by atoms with Crippen molar-refractivity contribution < 1.29 is 14.1 Å². The number of anilines is 1. The quantitative estimate of drug-likeness (QED) is 0.387. The summed E-state index contributed by atoms with van der Waals surface area (Å²) in [6, 6.07) is 13.3. The number of nitrogens with one attached hydrogen (secondary N) is 1. The molecule has 4 rings (SSSR count). The van der Waals surface area contributed by atoms with Crippen LogP contribution in [0.3, 0.4) is 0 Å². The van der Waals surface area contributed by atoms with Crippen LogP contribution in [0.1, 0.15) is 10.5 Å². The van der Waals surface area contributed by atoms with E-state index in [4.69, 9.17) is 16.0 Å². The van der Waals surface area contributed by atoms with Gasteiger partial charge < -0.3 is 9.73 Å². The Morgan fingerprint density at radius 2 is 2.07 bits per heavy atom. The summed E-state index contributed by atoms with van der Waals surface area (Å²) in [7, 11) is 0. The highest BCUT2D eigenvalue weighted by Crippen LogP contribution is 2.27. The maximum absolute atomic E-state index is 12.7. The largest absolute Gasteiger partial charge is 0.463 e. The Kier molecular flexibility index (Phi) is 4.80. The van der Waals surface area contributed by atoms with Crippen LogP contribution in [0.2, 0.25) is 5.02 Å². The molecule has 0 saturated carbocycles. The van der Waals surface area contributed by atoms with E-state index < -0.39 is 10.8 Å². The van der Waals surface area contributed by atoms with Crippen molar-refractivity contribution >= 4 is 28.9 Å². The predicted octanol–water partition coefficient (Wildman–Crippen LogP) is 4.34. The third kappa shape index (κ3) is 3.71. The molecule has 29 heavy (non-hydrogen) atoms. The Hall–Kier alpha value is -3.98. The second kappa shape index (κ2) is 7.56. The molecule has 0 spiro atoms. The predicted molar refractivity (Wildman–Crippen MR) is 105 cm³/mol. The number of benzene rings is 1. The second-order valence-corrected chi connectivity index (χ2v) is 6.32. The summed E-state index contributed by atoms with van der Waals surface area (Å²) in [5.74, 6) is -0.126. The van der Waals surface area contributed by atoms with E-state index in [1.54, 1.807) is 36.4 Å². The second-order valence-electron chi connectivity index (χ2n) is 5.89. The van der Waals surface area contributed by atoms with Gasteiger partial charge in [0.25, 0.3) is 5.91 Å². The fourth-order valence-corrected chi connectivity index (χ4v) is 2.90. The van der Waals surface area contributed by atoms with Crippen LogP contribution in [0, 0.1) is 10.1 Å². The van der Waals surface area contributed by atoms with Crippen LogP contribution in [-0.2, 0) is 0 Å². The van der Waals surface area contributed by atoms with E-state index >= 15 is 0 Å². The summed E-state index contributed by atoms with van der Waals surface area (Å²) in [5, 5.41) is 18.5. The molecule has 3 aromatic heterocycles. The van der Waals surface area contributed by atoms with Crippen molar-refractivity contribution in [3.63, 3.8) is 0 Å². The lowest BCUT2D eigenvalue weighted by Gasteiger charge is -2.06. The number of hydrogen-bond acceptors (Lipinski definition) is 6. The molecule has 0 saturated heterocycles. The molecule has 4 aromatic rings.